The molecule has 0 aliphatic carbocycles. The smallest absolute Gasteiger partial charge is 0.103 e. The molecule has 0 saturated carbocycles. The predicted molar refractivity (Wildman–Crippen MR) is 55.9 cm³/mol. The summed E-state index contributed by atoms with van der Waals surface area (Å²) in [6, 6.07) is 7.29. The Morgan fingerprint density at radius 2 is 2.21 bits per heavy atom. The molecule has 3 nitrogen and oxygen atoms in total. The van der Waals surface area contributed by atoms with E-state index in [1.807, 2.05) is 6.07 Å². The lowest BCUT2D eigenvalue weighted by atomic mass is 10.1. The second-order valence-electron chi connectivity index (χ2n) is 2.83. The quantitative estimate of drug-likeness (QED) is 0.715. The Hall–Kier alpha value is -1.79. The Labute approximate surface area is 85.7 Å². The molecular weight excluding hydrogens is 198 g/mol. The first-order valence-corrected chi connectivity index (χ1v) is 4.34. The number of pyridine rings is 1. The summed E-state index contributed by atoms with van der Waals surface area (Å²) in [4.78, 5) is 4.08. The summed E-state index contributed by atoms with van der Waals surface area (Å²) in [5.74, 6) is 0. The van der Waals surface area contributed by atoms with Gasteiger partial charge in [0.15, 0.2) is 0 Å². The number of benzene rings is 1. The fourth-order valence-electron chi connectivity index (χ4n) is 1.30. The summed E-state index contributed by atoms with van der Waals surface area (Å²) in [7, 11) is 0. The molecule has 0 aliphatic rings. The van der Waals surface area contributed by atoms with Crippen LogP contribution < -0.4 is 5.73 Å². The van der Waals surface area contributed by atoms with Gasteiger partial charge in [-0.3, -0.25) is 4.98 Å². The molecule has 2 rings (SSSR count). The highest BCUT2D eigenvalue weighted by molar-refractivity contribution is 6.35. The fraction of sp³-hybridized carbons (Fsp3) is 0. The number of nitrogens with zero attached hydrogens (tertiary/aromatic N) is 2. The van der Waals surface area contributed by atoms with Crippen molar-refractivity contribution in [3.05, 3.63) is 35.0 Å². The van der Waals surface area contributed by atoms with Gasteiger partial charge in [0.05, 0.1) is 21.8 Å². The molecule has 68 valence electrons. The standard InChI is InChI=1S/C10H6ClN3/c11-8-3-1-2-7-9(13)6(4-12)5-14-10(7)8/h1-3,5H,(H2,13,14). The molecule has 0 bridgehead atoms. The summed E-state index contributed by atoms with van der Waals surface area (Å²) < 4.78 is 0. The first-order chi connectivity index (χ1) is 6.74. The largest absolute Gasteiger partial charge is 0.397 e. The van der Waals surface area contributed by atoms with Crippen LogP contribution >= 0.6 is 11.6 Å². The van der Waals surface area contributed by atoms with Gasteiger partial charge in [0, 0.05) is 11.6 Å². The van der Waals surface area contributed by atoms with Crippen molar-refractivity contribution < 1.29 is 0 Å². The average Bonchev–Trinajstić information content (AvgIpc) is 2.20. The number of nitriles is 1. The van der Waals surface area contributed by atoms with E-state index in [9.17, 15) is 0 Å². The molecule has 2 aromatic rings. The summed E-state index contributed by atoms with van der Waals surface area (Å²) in [6.07, 6.45) is 1.43. The number of nitrogen functional groups attached to an aromatic ring is 1. The third-order valence-electron chi connectivity index (χ3n) is 2.01. The number of hydrogen-bond acceptors (Lipinski definition) is 3. The van der Waals surface area contributed by atoms with Gasteiger partial charge in [0.1, 0.15) is 6.07 Å². The molecule has 0 aliphatic heterocycles. The van der Waals surface area contributed by atoms with Gasteiger partial charge in [-0.2, -0.15) is 5.26 Å². The highest BCUT2D eigenvalue weighted by atomic mass is 35.5. The minimum Gasteiger partial charge on any atom is -0.397 e. The maximum absolute atomic E-state index is 8.74. The predicted octanol–water partition coefficient (Wildman–Crippen LogP) is 2.34. The molecule has 2 N–H and O–H groups in total. The van der Waals surface area contributed by atoms with E-state index < -0.39 is 0 Å². The lowest BCUT2D eigenvalue weighted by molar-refractivity contribution is 1.37. The summed E-state index contributed by atoms with van der Waals surface area (Å²) in [6.45, 7) is 0. The number of aromatic nitrogens is 1. The number of halogens is 1. The summed E-state index contributed by atoms with van der Waals surface area (Å²) in [5, 5.41) is 10.0. The molecule has 0 atom stereocenters. The van der Waals surface area contributed by atoms with E-state index >= 15 is 0 Å². The van der Waals surface area contributed by atoms with Gasteiger partial charge in [0.25, 0.3) is 0 Å². The maximum Gasteiger partial charge on any atom is 0.103 e. The Morgan fingerprint density at radius 1 is 1.43 bits per heavy atom. The molecule has 0 saturated heterocycles. The van der Waals surface area contributed by atoms with Crippen molar-refractivity contribution in [2.24, 2.45) is 0 Å². The highest BCUT2D eigenvalue weighted by Crippen LogP contribution is 2.27. The Morgan fingerprint density at radius 3 is 2.93 bits per heavy atom. The maximum atomic E-state index is 8.74. The monoisotopic (exact) mass is 203 g/mol. The van der Waals surface area contributed by atoms with Crippen LogP contribution in [0.3, 0.4) is 0 Å². The van der Waals surface area contributed by atoms with Crippen molar-refractivity contribution in [2.75, 3.05) is 5.73 Å². The number of anilines is 1. The van der Waals surface area contributed by atoms with Gasteiger partial charge in [-0.25, -0.2) is 0 Å². The van der Waals surface area contributed by atoms with Crippen molar-refractivity contribution in [1.29, 1.82) is 5.26 Å². The van der Waals surface area contributed by atoms with E-state index in [0.717, 1.165) is 5.39 Å². The zero-order valence-electron chi connectivity index (χ0n) is 7.16. The molecule has 1 aromatic heterocycles. The van der Waals surface area contributed by atoms with Crippen molar-refractivity contribution in [2.45, 2.75) is 0 Å². The van der Waals surface area contributed by atoms with Crippen LogP contribution in [0.2, 0.25) is 5.02 Å². The van der Waals surface area contributed by atoms with Crippen LogP contribution in [0.1, 0.15) is 5.56 Å². The van der Waals surface area contributed by atoms with Gasteiger partial charge in [0.2, 0.25) is 0 Å². The van der Waals surface area contributed by atoms with Crippen LogP contribution in [0.5, 0.6) is 0 Å². The summed E-state index contributed by atoms with van der Waals surface area (Å²) in [5.41, 5.74) is 7.21. The van der Waals surface area contributed by atoms with Crippen molar-refractivity contribution in [1.82, 2.24) is 4.98 Å². The lowest BCUT2D eigenvalue weighted by Crippen LogP contribution is -1.94. The SMILES string of the molecule is N#Cc1cnc2c(Cl)cccc2c1N. The van der Waals surface area contributed by atoms with Crippen molar-refractivity contribution >= 4 is 28.2 Å². The third-order valence-corrected chi connectivity index (χ3v) is 2.32. The zero-order chi connectivity index (χ0) is 10.1. The molecule has 1 aromatic carbocycles. The van der Waals surface area contributed by atoms with Crippen LogP contribution in [-0.4, -0.2) is 4.98 Å². The van der Waals surface area contributed by atoms with Gasteiger partial charge < -0.3 is 5.73 Å². The van der Waals surface area contributed by atoms with Crippen LogP contribution in [0, 0.1) is 11.3 Å². The van der Waals surface area contributed by atoms with Gasteiger partial charge >= 0.3 is 0 Å². The average molecular weight is 204 g/mol. The second-order valence-corrected chi connectivity index (χ2v) is 3.24. The van der Waals surface area contributed by atoms with E-state index in [1.54, 1.807) is 18.2 Å². The normalized spacial score (nSPS) is 10.0. The molecule has 0 amide bonds. The first-order valence-electron chi connectivity index (χ1n) is 3.97. The third kappa shape index (κ3) is 1.17. The Balaban J connectivity index is 2.92. The number of hydrogen-bond donors (Lipinski definition) is 1. The van der Waals surface area contributed by atoms with E-state index in [0.29, 0.717) is 21.8 Å². The van der Waals surface area contributed by atoms with Crippen LogP contribution in [0.4, 0.5) is 5.69 Å². The minimum absolute atomic E-state index is 0.375. The lowest BCUT2D eigenvalue weighted by Gasteiger charge is -2.03. The molecule has 1 heterocycles. The van der Waals surface area contributed by atoms with E-state index in [1.165, 1.54) is 6.20 Å². The fourth-order valence-corrected chi connectivity index (χ4v) is 1.52. The second kappa shape index (κ2) is 3.17. The van der Waals surface area contributed by atoms with E-state index in [-0.39, 0.29) is 0 Å². The molecule has 0 fully saturated rings. The first kappa shape index (κ1) is 8.79. The topological polar surface area (TPSA) is 62.7 Å². The van der Waals surface area contributed by atoms with E-state index in [2.05, 4.69) is 4.98 Å². The van der Waals surface area contributed by atoms with Gasteiger partial charge in [-0.05, 0) is 6.07 Å². The molecule has 0 radical (unpaired) electrons. The number of fused-ring (bicyclic) bond motifs is 1. The van der Waals surface area contributed by atoms with Gasteiger partial charge in [-0.1, -0.05) is 23.7 Å². The number of nitrogens with two attached hydrogens (primary N) is 1. The molecule has 0 spiro atoms. The van der Waals surface area contributed by atoms with Gasteiger partial charge in [-0.15, -0.1) is 0 Å². The van der Waals surface area contributed by atoms with E-state index in [4.69, 9.17) is 22.6 Å². The summed E-state index contributed by atoms with van der Waals surface area (Å²) >= 11 is 5.92. The van der Waals surface area contributed by atoms with Crippen LogP contribution in [0.15, 0.2) is 24.4 Å². The van der Waals surface area contributed by atoms with Crippen LogP contribution in [0.25, 0.3) is 10.9 Å². The number of para-hydroxylation sites is 1. The van der Waals surface area contributed by atoms with Crippen molar-refractivity contribution in [3.8, 4) is 6.07 Å². The Kier molecular flexibility index (Phi) is 1.99. The molecule has 4 heteroatoms. The van der Waals surface area contributed by atoms with Crippen LogP contribution in [-0.2, 0) is 0 Å². The Bertz CT molecular complexity index is 543. The highest BCUT2D eigenvalue weighted by Gasteiger charge is 2.06. The molecule has 0 unspecified atom stereocenters. The number of rotatable bonds is 0. The molecular formula is C10H6ClN3. The minimum atomic E-state index is 0.375. The molecule has 14 heavy (non-hydrogen) atoms. The van der Waals surface area contributed by atoms with Crippen molar-refractivity contribution in [3.63, 3.8) is 0 Å². The zero-order valence-corrected chi connectivity index (χ0v) is 7.92.